The molecule has 0 saturated carbocycles. The summed E-state index contributed by atoms with van der Waals surface area (Å²) in [5.74, 6) is -0.319. The fraction of sp³-hybridized carbons (Fsp3) is 0.385. The Morgan fingerprint density at radius 3 is 2.58 bits per heavy atom. The average molecular weight is 559 g/mol. The van der Waals surface area contributed by atoms with Crippen molar-refractivity contribution in [2.24, 2.45) is 0 Å². The number of likely N-dealkylation sites (N-methyl/N-ethyl adjacent to an activating group) is 2. The normalized spacial score (nSPS) is 21.0. The summed E-state index contributed by atoms with van der Waals surface area (Å²) in [6.07, 6.45) is 3.01. The Kier molecular flexibility index (Phi) is 7.12. The van der Waals surface area contributed by atoms with E-state index in [0.717, 1.165) is 10.9 Å². The van der Waals surface area contributed by atoms with Crippen molar-refractivity contribution in [1.82, 2.24) is 19.5 Å². The van der Waals surface area contributed by atoms with Crippen LogP contribution in [0.1, 0.15) is 23.2 Å². The number of aromatic nitrogens is 1. The van der Waals surface area contributed by atoms with Gasteiger partial charge in [-0.25, -0.2) is 0 Å². The van der Waals surface area contributed by atoms with Gasteiger partial charge in [-0.15, -0.1) is 0 Å². The molecule has 202 valence electrons. The SMILES string of the molecule is CN(C)CC(=O)N(C)c1ccc(N2C[C@@H]3[C@@H](NC(=O)c4ccc5c(Cl)c[nH]c5c4)CCCN3S2(=O)=O)cc1. The highest BCUT2D eigenvalue weighted by molar-refractivity contribution is 7.90. The molecule has 5 rings (SSSR count). The number of anilines is 2. The van der Waals surface area contributed by atoms with Crippen molar-refractivity contribution in [1.29, 1.82) is 0 Å². The minimum Gasteiger partial charge on any atom is -0.360 e. The number of piperidine rings is 1. The van der Waals surface area contributed by atoms with Crippen LogP contribution in [0.4, 0.5) is 11.4 Å². The maximum atomic E-state index is 13.5. The van der Waals surface area contributed by atoms with Gasteiger partial charge in [-0.1, -0.05) is 17.7 Å². The summed E-state index contributed by atoms with van der Waals surface area (Å²) in [5.41, 5.74) is 2.45. The highest BCUT2D eigenvalue weighted by Crippen LogP contribution is 2.35. The Morgan fingerprint density at radius 1 is 1.13 bits per heavy atom. The Bertz CT molecular complexity index is 1470. The lowest BCUT2D eigenvalue weighted by Crippen LogP contribution is -2.54. The van der Waals surface area contributed by atoms with E-state index in [2.05, 4.69) is 10.3 Å². The average Bonchev–Trinajstić information content (AvgIpc) is 3.39. The van der Waals surface area contributed by atoms with Gasteiger partial charge in [0, 0.05) is 48.0 Å². The number of H-pyrrole nitrogens is 1. The van der Waals surface area contributed by atoms with Gasteiger partial charge in [0.1, 0.15) is 0 Å². The Labute approximate surface area is 227 Å². The molecule has 0 radical (unpaired) electrons. The third-order valence-corrected chi connectivity index (χ3v) is 9.49. The van der Waals surface area contributed by atoms with E-state index in [4.69, 9.17) is 11.6 Å². The molecular weight excluding hydrogens is 528 g/mol. The zero-order valence-corrected chi connectivity index (χ0v) is 23.1. The van der Waals surface area contributed by atoms with Crippen molar-refractivity contribution in [2.45, 2.75) is 24.9 Å². The van der Waals surface area contributed by atoms with Crippen LogP contribution in [0.2, 0.25) is 5.02 Å². The fourth-order valence-electron chi connectivity index (χ4n) is 5.18. The topological polar surface area (TPSA) is 109 Å². The van der Waals surface area contributed by atoms with Crippen LogP contribution in [0, 0.1) is 0 Å². The number of aromatic amines is 1. The molecule has 1 aromatic heterocycles. The first-order valence-electron chi connectivity index (χ1n) is 12.4. The predicted molar refractivity (Wildman–Crippen MR) is 149 cm³/mol. The van der Waals surface area contributed by atoms with Gasteiger partial charge >= 0.3 is 10.2 Å². The van der Waals surface area contributed by atoms with Gasteiger partial charge in [0.2, 0.25) is 5.91 Å². The van der Waals surface area contributed by atoms with Crippen molar-refractivity contribution in [3.63, 3.8) is 0 Å². The molecule has 2 fully saturated rings. The number of nitrogens with one attached hydrogen (secondary N) is 2. The predicted octanol–water partition coefficient (Wildman–Crippen LogP) is 2.67. The first kappa shape index (κ1) is 26.5. The molecule has 2 aromatic carbocycles. The summed E-state index contributed by atoms with van der Waals surface area (Å²) < 4.78 is 29.8. The zero-order valence-electron chi connectivity index (χ0n) is 21.5. The van der Waals surface area contributed by atoms with E-state index in [1.165, 1.54) is 8.61 Å². The Balaban J connectivity index is 1.32. The fourth-order valence-corrected chi connectivity index (χ4v) is 7.29. The minimum atomic E-state index is -3.76. The van der Waals surface area contributed by atoms with E-state index >= 15 is 0 Å². The number of hydrogen-bond acceptors (Lipinski definition) is 5. The Hall–Kier alpha value is -3.12. The summed E-state index contributed by atoms with van der Waals surface area (Å²) in [4.78, 5) is 31.9. The molecule has 12 heteroatoms. The maximum Gasteiger partial charge on any atom is 0.304 e. The van der Waals surface area contributed by atoms with Crippen LogP contribution in [0.3, 0.4) is 0 Å². The van der Waals surface area contributed by atoms with Crippen LogP contribution in [0.25, 0.3) is 10.9 Å². The number of hydrogen-bond donors (Lipinski definition) is 2. The highest BCUT2D eigenvalue weighted by Gasteiger charge is 2.49. The number of nitrogens with zero attached hydrogens (tertiary/aromatic N) is 4. The van der Waals surface area contributed by atoms with E-state index < -0.39 is 10.2 Å². The molecule has 0 bridgehead atoms. The van der Waals surface area contributed by atoms with Gasteiger partial charge in [0.25, 0.3) is 5.91 Å². The van der Waals surface area contributed by atoms with Gasteiger partial charge in [-0.2, -0.15) is 12.7 Å². The third-order valence-electron chi connectivity index (χ3n) is 7.22. The van der Waals surface area contributed by atoms with Gasteiger partial charge < -0.3 is 20.1 Å². The second-order valence-corrected chi connectivity index (χ2v) is 12.3. The van der Waals surface area contributed by atoms with Gasteiger partial charge in [-0.05, 0) is 63.3 Å². The van der Waals surface area contributed by atoms with Crippen LogP contribution in [0.5, 0.6) is 0 Å². The lowest BCUT2D eigenvalue weighted by atomic mass is 9.97. The lowest BCUT2D eigenvalue weighted by molar-refractivity contribution is -0.118. The minimum absolute atomic E-state index is 0.0641. The van der Waals surface area contributed by atoms with Crippen LogP contribution in [0.15, 0.2) is 48.7 Å². The molecule has 2 N–H and O–H groups in total. The maximum absolute atomic E-state index is 13.5. The number of carbonyl (C=O) groups is 2. The number of rotatable bonds is 6. The monoisotopic (exact) mass is 558 g/mol. The van der Waals surface area contributed by atoms with Crippen LogP contribution >= 0.6 is 11.6 Å². The van der Waals surface area contributed by atoms with E-state index in [1.807, 2.05) is 14.1 Å². The third kappa shape index (κ3) is 4.86. The second kappa shape index (κ2) is 10.2. The molecule has 2 amide bonds. The van der Waals surface area contributed by atoms with E-state index in [1.54, 1.807) is 65.5 Å². The van der Waals surface area contributed by atoms with E-state index in [9.17, 15) is 18.0 Å². The standard InChI is InChI=1S/C26H31ClN6O4S/c1-30(2)16-25(34)31(3)18-7-9-19(10-8-18)33-15-24-22(5-4-12-32(24)38(33,36)37)29-26(35)17-6-11-20-21(27)14-28-23(20)13-17/h6-11,13-14,22,24,28H,4-5,12,15-16H2,1-3H3,(H,29,35)/t22-,24+/m0/s1. The summed E-state index contributed by atoms with van der Waals surface area (Å²) in [7, 11) is 1.60. The lowest BCUT2D eigenvalue weighted by Gasteiger charge is -2.34. The molecule has 2 aliphatic heterocycles. The smallest absolute Gasteiger partial charge is 0.304 e. The number of benzene rings is 2. The Morgan fingerprint density at radius 2 is 1.87 bits per heavy atom. The van der Waals surface area contributed by atoms with E-state index in [0.29, 0.717) is 41.3 Å². The molecule has 10 nitrogen and oxygen atoms in total. The molecule has 3 aromatic rings. The second-order valence-electron chi connectivity index (χ2n) is 10.0. The van der Waals surface area contributed by atoms with Crippen molar-refractivity contribution in [3.05, 3.63) is 59.2 Å². The van der Waals surface area contributed by atoms with Crippen LogP contribution in [-0.4, -0.2) is 87.3 Å². The van der Waals surface area contributed by atoms with Crippen LogP contribution < -0.4 is 14.5 Å². The van der Waals surface area contributed by atoms with Crippen molar-refractivity contribution in [3.8, 4) is 0 Å². The zero-order chi connectivity index (χ0) is 27.2. The van der Waals surface area contributed by atoms with Crippen molar-refractivity contribution < 1.29 is 18.0 Å². The quantitative estimate of drug-likeness (QED) is 0.483. The molecule has 38 heavy (non-hydrogen) atoms. The van der Waals surface area contributed by atoms with Gasteiger partial charge in [0.15, 0.2) is 0 Å². The van der Waals surface area contributed by atoms with Crippen LogP contribution in [-0.2, 0) is 15.0 Å². The number of amides is 2. The molecule has 2 atom stereocenters. The molecule has 0 spiro atoms. The first-order chi connectivity index (χ1) is 18.1. The number of fused-ring (bicyclic) bond motifs is 2. The largest absolute Gasteiger partial charge is 0.360 e. The first-order valence-corrected chi connectivity index (χ1v) is 14.2. The molecule has 0 aliphatic carbocycles. The highest BCUT2D eigenvalue weighted by atomic mass is 35.5. The summed E-state index contributed by atoms with van der Waals surface area (Å²) in [6.45, 7) is 0.908. The summed E-state index contributed by atoms with van der Waals surface area (Å²) in [6, 6.07) is 11.5. The summed E-state index contributed by atoms with van der Waals surface area (Å²) in [5, 5.41) is 4.50. The van der Waals surface area contributed by atoms with E-state index in [-0.39, 0.29) is 37.0 Å². The number of carbonyl (C=O) groups excluding carboxylic acids is 2. The molecule has 0 unspecified atom stereocenters. The van der Waals surface area contributed by atoms with Gasteiger partial charge in [-0.3, -0.25) is 13.9 Å². The van der Waals surface area contributed by atoms with Crippen molar-refractivity contribution in [2.75, 3.05) is 50.0 Å². The number of halogens is 1. The molecule has 3 heterocycles. The van der Waals surface area contributed by atoms with Gasteiger partial charge in [0.05, 0.1) is 29.8 Å². The molecule has 2 saturated heterocycles. The molecular formula is C26H31ClN6O4S. The van der Waals surface area contributed by atoms with Crippen molar-refractivity contribution >= 4 is 55.9 Å². The summed E-state index contributed by atoms with van der Waals surface area (Å²) >= 11 is 6.15. The molecule has 2 aliphatic rings.